The molecule has 1 aliphatic heterocycles. The van der Waals surface area contributed by atoms with E-state index in [-0.39, 0.29) is 11.7 Å². The molecule has 2 aromatic carbocycles. The van der Waals surface area contributed by atoms with Gasteiger partial charge in [-0.05, 0) is 36.6 Å². The van der Waals surface area contributed by atoms with Crippen molar-refractivity contribution in [1.29, 1.82) is 0 Å². The molecule has 0 spiro atoms. The molecule has 1 fully saturated rings. The first-order valence-corrected chi connectivity index (χ1v) is 9.88. The summed E-state index contributed by atoms with van der Waals surface area (Å²) in [5, 5.41) is 8.82. The molecule has 1 saturated heterocycles. The van der Waals surface area contributed by atoms with Crippen molar-refractivity contribution in [3.05, 3.63) is 65.5 Å². The molecule has 142 valence electrons. The lowest BCUT2D eigenvalue weighted by atomic mass is 9.94. The number of carbonyl (C=O) groups is 1. The zero-order valence-electron chi connectivity index (χ0n) is 15.9. The van der Waals surface area contributed by atoms with Gasteiger partial charge in [-0.15, -0.1) is 0 Å². The number of ether oxygens (including phenoxy) is 1. The molecule has 5 rings (SSSR count). The summed E-state index contributed by atoms with van der Waals surface area (Å²) >= 11 is 0. The summed E-state index contributed by atoms with van der Waals surface area (Å²) < 4.78 is 5.50. The van der Waals surface area contributed by atoms with Crippen molar-refractivity contribution in [1.82, 2.24) is 15.2 Å². The highest BCUT2D eigenvalue weighted by Crippen LogP contribution is 2.33. The van der Waals surface area contributed by atoms with Crippen LogP contribution in [0.3, 0.4) is 0 Å². The Labute approximate surface area is 163 Å². The second kappa shape index (κ2) is 6.91. The molecule has 0 radical (unpaired) electrons. The number of ketones is 1. The lowest BCUT2D eigenvalue weighted by molar-refractivity contribution is 0.0847. The van der Waals surface area contributed by atoms with E-state index in [0.29, 0.717) is 11.6 Å². The number of Topliss-reactive ketones (excluding diaryl/α,β-unsaturated/α-hetero) is 1. The van der Waals surface area contributed by atoms with Gasteiger partial charge in [-0.25, -0.2) is 4.98 Å². The number of H-pyrrole nitrogens is 2. The molecule has 5 heteroatoms. The van der Waals surface area contributed by atoms with Gasteiger partial charge >= 0.3 is 0 Å². The second-order valence-electron chi connectivity index (χ2n) is 7.64. The minimum Gasteiger partial charge on any atom is -0.381 e. The highest BCUT2D eigenvalue weighted by molar-refractivity contribution is 6.05. The Morgan fingerprint density at radius 3 is 2.68 bits per heavy atom. The molecule has 0 saturated carbocycles. The van der Waals surface area contributed by atoms with Crippen molar-refractivity contribution in [3.63, 3.8) is 0 Å². The van der Waals surface area contributed by atoms with Crippen LogP contribution in [0.1, 0.15) is 53.3 Å². The smallest absolute Gasteiger partial charge is 0.188 e. The van der Waals surface area contributed by atoms with E-state index in [4.69, 9.17) is 4.74 Å². The topological polar surface area (TPSA) is 70.8 Å². The molecule has 0 amide bonds. The van der Waals surface area contributed by atoms with Crippen molar-refractivity contribution in [3.8, 4) is 0 Å². The minimum absolute atomic E-state index is 0.0577. The first kappa shape index (κ1) is 17.2. The molecule has 4 aromatic rings. The predicted molar refractivity (Wildman–Crippen MR) is 110 cm³/mol. The van der Waals surface area contributed by atoms with Gasteiger partial charge in [0.25, 0.3) is 0 Å². The van der Waals surface area contributed by atoms with Gasteiger partial charge in [0.2, 0.25) is 0 Å². The van der Waals surface area contributed by atoms with Crippen LogP contribution >= 0.6 is 0 Å². The summed E-state index contributed by atoms with van der Waals surface area (Å²) in [4.78, 5) is 17.6. The third-order valence-corrected chi connectivity index (χ3v) is 5.90. The first-order valence-electron chi connectivity index (χ1n) is 9.88. The van der Waals surface area contributed by atoms with Crippen LogP contribution in [0.15, 0.2) is 48.5 Å². The molecule has 0 aliphatic carbocycles. The number of benzene rings is 2. The maximum absolute atomic E-state index is 13.0. The van der Waals surface area contributed by atoms with E-state index >= 15 is 0 Å². The van der Waals surface area contributed by atoms with Crippen LogP contribution < -0.4 is 0 Å². The Hall–Kier alpha value is -2.92. The Kier molecular flexibility index (Phi) is 4.24. The first-order chi connectivity index (χ1) is 13.7. The average Bonchev–Trinajstić information content (AvgIpc) is 3.35. The summed E-state index contributed by atoms with van der Waals surface area (Å²) in [5.74, 6) is 0.325. The van der Waals surface area contributed by atoms with Crippen LogP contribution in [-0.4, -0.2) is 34.2 Å². The zero-order chi connectivity index (χ0) is 19.1. The van der Waals surface area contributed by atoms with Gasteiger partial charge in [0.15, 0.2) is 5.78 Å². The summed E-state index contributed by atoms with van der Waals surface area (Å²) in [6.45, 7) is 3.56. The van der Waals surface area contributed by atoms with Gasteiger partial charge in [-0.1, -0.05) is 37.3 Å². The number of hydrogen-bond donors (Lipinski definition) is 2. The van der Waals surface area contributed by atoms with Crippen molar-refractivity contribution in [2.45, 2.75) is 31.6 Å². The number of hydrogen-bond acceptors (Lipinski definition) is 3. The fourth-order valence-corrected chi connectivity index (χ4v) is 4.20. The Balaban J connectivity index is 1.51. The van der Waals surface area contributed by atoms with Crippen molar-refractivity contribution >= 4 is 27.6 Å². The molecule has 2 aromatic heterocycles. The van der Waals surface area contributed by atoms with E-state index in [2.05, 4.69) is 21.2 Å². The Morgan fingerprint density at radius 2 is 1.89 bits per heavy atom. The van der Waals surface area contributed by atoms with Crippen LogP contribution in [0, 0.1) is 0 Å². The van der Waals surface area contributed by atoms with Crippen molar-refractivity contribution in [2.24, 2.45) is 0 Å². The van der Waals surface area contributed by atoms with E-state index < -0.39 is 0 Å². The highest BCUT2D eigenvalue weighted by Gasteiger charge is 2.22. The Bertz CT molecular complexity index is 1140. The summed E-state index contributed by atoms with van der Waals surface area (Å²) in [7, 11) is 0. The molecule has 5 nitrogen and oxygen atoms in total. The van der Waals surface area contributed by atoms with Crippen LogP contribution in [-0.2, 0) is 4.74 Å². The molecule has 0 bridgehead atoms. The maximum Gasteiger partial charge on any atom is 0.188 e. The number of aromatic nitrogens is 3. The van der Waals surface area contributed by atoms with Gasteiger partial charge < -0.3 is 14.9 Å². The number of nitrogens with one attached hydrogen (secondary N) is 2. The van der Waals surface area contributed by atoms with E-state index in [0.717, 1.165) is 48.0 Å². The zero-order valence-corrected chi connectivity index (χ0v) is 15.9. The van der Waals surface area contributed by atoms with Gasteiger partial charge in [0, 0.05) is 41.5 Å². The largest absolute Gasteiger partial charge is 0.381 e. The van der Waals surface area contributed by atoms with E-state index in [1.54, 1.807) is 0 Å². The average molecular weight is 373 g/mol. The molecule has 1 atom stereocenters. The lowest BCUT2D eigenvalue weighted by Crippen LogP contribution is -2.14. The van der Waals surface area contributed by atoms with E-state index in [9.17, 15) is 4.79 Å². The lowest BCUT2D eigenvalue weighted by Gasteiger charge is -2.21. The maximum atomic E-state index is 13.0. The van der Waals surface area contributed by atoms with Crippen molar-refractivity contribution < 1.29 is 9.53 Å². The molecule has 3 heterocycles. The SMILES string of the molecule is C[C@H](C(=O)c1cc2cc3c(C4CCOCC4)[nH][nH]c3cc2n1)c1ccccc1. The summed E-state index contributed by atoms with van der Waals surface area (Å²) in [6.07, 6.45) is 2.05. The van der Waals surface area contributed by atoms with Gasteiger partial charge in [-0.2, -0.15) is 0 Å². The van der Waals surface area contributed by atoms with Crippen LogP contribution in [0.25, 0.3) is 21.8 Å². The van der Waals surface area contributed by atoms with Crippen LogP contribution in [0.4, 0.5) is 0 Å². The molecular weight excluding hydrogens is 350 g/mol. The highest BCUT2D eigenvalue weighted by atomic mass is 16.5. The number of rotatable bonds is 4. The number of nitrogens with zero attached hydrogens (tertiary/aromatic N) is 1. The van der Waals surface area contributed by atoms with Gasteiger partial charge in [0.1, 0.15) is 5.69 Å². The predicted octanol–water partition coefficient (Wildman–Crippen LogP) is 4.92. The van der Waals surface area contributed by atoms with Gasteiger partial charge in [-0.3, -0.25) is 4.79 Å². The van der Waals surface area contributed by atoms with Gasteiger partial charge in [0.05, 0.1) is 11.0 Å². The standard InChI is InChI=1S/C23H23N3O2/c1-14(15-5-3-2-4-6-15)23(27)21-12-17-11-18-20(13-19(17)24-21)25-26-22(18)16-7-9-28-10-8-16/h2-6,11-14,16,25-26H,7-10H2,1H3/t14-/m0/s1. The van der Waals surface area contributed by atoms with E-state index in [1.165, 1.54) is 11.1 Å². The van der Waals surface area contributed by atoms with Crippen LogP contribution in [0.2, 0.25) is 0 Å². The fourth-order valence-electron chi connectivity index (χ4n) is 4.20. The molecule has 0 unspecified atom stereocenters. The number of fused-ring (bicyclic) bond motifs is 2. The quantitative estimate of drug-likeness (QED) is 0.499. The molecule has 28 heavy (non-hydrogen) atoms. The molecular formula is C23H23N3O2. The third kappa shape index (κ3) is 2.92. The fraction of sp³-hybridized carbons (Fsp3) is 0.304. The Morgan fingerprint density at radius 1 is 1.11 bits per heavy atom. The molecule has 1 aliphatic rings. The van der Waals surface area contributed by atoms with Crippen molar-refractivity contribution in [2.75, 3.05) is 13.2 Å². The van der Waals surface area contributed by atoms with E-state index in [1.807, 2.05) is 49.4 Å². The van der Waals surface area contributed by atoms with Crippen LogP contribution in [0.5, 0.6) is 0 Å². The normalized spacial score (nSPS) is 16.6. The number of aromatic amines is 2. The monoisotopic (exact) mass is 373 g/mol. The number of carbonyl (C=O) groups excluding carboxylic acids is 1. The second-order valence-corrected chi connectivity index (χ2v) is 7.64. The third-order valence-electron chi connectivity index (χ3n) is 5.90. The summed E-state index contributed by atoms with van der Waals surface area (Å²) in [6, 6.07) is 16.0. The minimum atomic E-state index is -0.207. The molecule has 2 N–H and O–H groups in total. The summed E-state index contributed by atoms with van der Waals surface area (Å²) in [5.41, 5.74) is 4.66.